The number of nitrogens with zero attached hydrogens (tertiary/aromatic N) is 2. The van der Waals surface area contributed by atoms with E-state index < -0.39 is 0 Å². The largest absolute Gasteiger partial charge is 0.393 e. The first-order chi connectivity index (χ1) is 12.2. The van der Waals surface area contributed by atoms with Crippen molar-refractivity contribution < 1.29 is 14.6 Å². The number of amides is 1. The van der Waals surface area contributed by atoms with Crippen LogP contribution >= 0.6 is 0 Å². The molecular formula is C19H29N3O3. The lowest BCUT2D eigenvalue weighted by Crippen LogP contribution is -2.53. The van der Waals surface area contributed by atoms with E-state index >= 15 is 0 Å². The van der Waals surface area contributed by atoms with Gasteiger partial charge in [-0.05, 0) is 31.7 Å². The summed E-state index contributed by atoms with van der Waals surface area (Å²) in [5, 5.41) is 17.7. The third kappa shape index (κ3) is 3.47. The molecule has 138 valence electrons. The number of rotatable bonds is 3. The first-order valence-corrected chi connectivity index (χ1v) is 9.86. The average Bonchev–Trinajstić information content (AvgIpc) is 3.31. The molecule has 2 N–H and O–H groups in total. The van der Waals surface area contributed by atoms with Gasteiger partial charge in [-0.3, -0.25) is 9.89 Å². The van der Waals surface area contributed by atoms with Crippen LogP contribution in [0.25, 0.3) is 0 Å². The summed E-state index contributed by atoms with van der Waals surface area (Å²) in [5.74, 6) is 0.617. The van der Waals surface area contributed by atoms with Crippen molar-refractivity contribution in [1.29, 1.82) is 0 Å². The summed E-state index contributed by atoms with van der Waals surface area (Å²) < 4.78 is 5.63. The van der Waals surface area contributed by atoms with Crippen molar-refractivity contribution in [1.82, 2.24) is 15.1 Å². The minimum atomic E-state index is -0.320. The maximum atomic E-state index is 13.1. The molecule has 6 heteroatoms. The summed E-state index contributed by atoms with van der Waals surface area (Å²) in [4.78, 5) is 15.0. The number of hydrogen-bond donors (Lipinski definition) is 2. The monoisotopic (exact) mass is 347 g/mol. The third-order valence-corrected chi connectivity index (χ3v) is 6.31. The molecule has 1 amide bonds. The van der Waals surface area contributed by atoms with Crippen molar-refractivity contribution in [3.8, 4) is 0 Å². The number of carbonyl (C=O) groups excluding carboxylic acids is 1. The van der Waals surface area contributed by atoms with Gasteiger partial charge in [-0.1, -0.05) is 25.7 Å². The van der Waals surface area contributed by atoms with E-state index in [1.54, 1.807) is 0 Å². The zero-order valence-corrected chi connectivity index (χ0v) is 14.8. The van der Waals surface area contributed by atoms with Crippen LogP contribution in [-0.4, -0.2) is 58.0 Å². The van der Waals surface area contributed by atoms with Gasteiger partial charge in [-0.15, -0.1) is 0 Å². The molecule has 0 unspecified atom stereocenters. The molecule has 0 bridgehead atoms. The van der Waals surface area contributed by atoms with Crippen LogP contribution < -0.4 is 0 Å². The van der Waals surface area contributed by atoms with Crippen LogP contribution in [0.3, 0.4) is 0 Å². The molecule has 0 spiro atoms. The van der Waals surface area contributed by atoms with Gasteiger partial charge in [0, 0.05) is 24.1 Å². The normalized spacial score (nSPS) is 31.4. The molecule has 1 aromatic heterocycles. The number of nitrogens with one attached hydrogen (secondary N) is 1. The van der Waals surface area contributed by atoms with Gasteiger partial charge in [0.25, 0.3) is 5.91 Å². The number of morpholine rings is 1. The first-order valence-electron chi connectivity index (χ1n) is 9.86. The smallest absolute Gasteiger partial charge is 0.274 e. The molecule has 2 heterocycles. The van der Waals surface area contributed by atoms with Gasteiger partial charge in [0.15, 0.2) is 0 Å². The molecule has 1 aromatic rings. The quantitative estimate of drug-likeness (QED) is 0.880. The lowest BCUT2D eigenvalue weighted by atomic mass is 9.87. The van der Waals surface area contributed by atoms with Crippen LogP contribution in [0.2, 0.25) is 0 Å². The Balaban J connectivity index is 1.49. The number of ether oxygens (including phenoxy) is 1. The number of H-pyrrole nitrogens is 1. The Morgan fingerprint density at radius 2 is 2.04 bits per heavy atom. The predicted octanol–water partition coefficient (Wildman–Crippen LogP) is 2.46. The van der Waals surface area contributed by atoms with Gasteiger partial charge >= 0.3 is 0 Å². The molecule has 0 aromatic carbocycles. The van der Waals surface area contributed by atoms with Crippen LogP contribution in [0.1, 0.15) is 73.5 Å². The van der Waals surface area contributed by atoms with Crippen molar-refractivity contribution >= 4 is 5.91 Å². The minimum absolute atomic E-state index is 0.0225. The number of aromatic amines is 1. The van der Waals surface area contributed by atoms with Crippen molar-refractivity contribution in [2.45, 2.75) is 69.4 Å². The van der Waals surface area contributed by atoms with Crippen LogP contribution in [-0.2, 0) is 4.74 Å². The van der Waals surface area contributed by atoms with Gasteiger partial charge < -0.3 is 14.7 Å². The highest BCUT2D eigenvalue weighted by molar-refractivity contribution is 5.92. The van der Waals surface area contributed by atoms with Gasteiger partial charge in [-0.2, -0.15) is 5.10 Å². The number of aliphatic hydroxyl groups excluding tert-OH is 1. The van der Waals surface area contributed by atoms with E-state index in [9.17, 15) is 9.90 Å². The molecule has 2 saturated carbocycles. The molecule has 3 atom stereocenters. The van der Waals surface area contributed by atoms with Crippen LogP contribution in [0.15, 0.2) is 6.07 Å². The van der Waals surface area contributed by atoms with Gasteiger partial charge in [0.05, 0.1) is 25.4 Å². The molecule has 3 fully saturated rings. The van der Waals surface area contributed by atoms with Crippen LogP contribution in [0.5, 0.6) is 0 Å². The Labute approximate surface area is 148 Å². The molecule has 3 aliphatic rings. The van der Waals surface area contributed by atoms with Crippen LogP contribution in [0, 0.1) is 5.92 Å². The Morgan fingerprint density at radius 1 is 1.20 bits per heavy atom. The SMILES string of the molecule is O=C(c1cc(C2CCCCC2)[nH]n1)N1CCOC[C@@H]1[C@@H]1CCC[C@H]1O. The predicted molar refractivity (Wildman–Crippen MR) is 93.4 cm³/mol. The second-order valence-electron chi connectivity index (χ2n) is 7.85. The van der Waals surface area contributed by atoms with E-state index in [4.69, 9.17) is 4.74 Å². The summed E-state index contributed by atoms with van der Waals surface area (Å²) in [6.45, 7) is 1.66. The Bertz CT molecular complexity index is 596. The minimum Gasteiger partial charge on any atom is -0.393 e. The molecule has 6 nitrogen and oxygen atoms in total. The summed E-state index contributed by atoms with van der Waals surface area (Å²) in [6.07, 6.45) is 8.71. The molecule has 2 aliphatic carbocycles. The van der Waals surface area contributed by atoms with E-state index in [-0.39, 0.29) is 24.0 Å². The zero-order chi connectivity index (χ0) is 17.2. The molecule has 25 heavy (non-hydrogen) atoms. The summed E-state index contributed by atoms with van der Waals surface area (Å²) in [6, 6.07) is 1.92. The Morgan fingerprint density at radius 3 is 2.80 bits per heavy atom. The number of aromatic nitrogens is 2. The highest BCUT2D eigenvalue weighted by Gasteiger charge is 2.40. The van der Waals surface area contributed by atoms with Gasteiger partial charge in [0.1, 0.15) is 5.69 Å². The lowest BCUT2D eigenvalue weighted by molar-refractivity contribution is -0.0385. The average molecular weight is 347 g/mol. The lowest BCUT2D eigenvalue weighted by Gasteiger charge is -2.39. The molecular weight excluding hydrogens is 318 g/mol. The highest BCUT2D eigenvalue weighted by Crippen LogP contribution is 2.34. The Kier molecular flexibility index (Phi) is 5.08. The first kappa shape index (κ1) is 17.0. The second kappa shape index (κ2) is 7.46. The standard InChI is InChI=1S/C19H29N3O3/c23-18-8-4-7-14(18)17-12-25-10-9-22(17)19(24)16-11-15(20-21-16)13-5-2-1-3-6-13/h11,13-14,17-18,23H,1-10,12H2,(H,20,21)/t14-,17+,18+/m0/s1. The van der Waals surface area contributed by atoms with Gasteiger partial charge in [-0.25, -0.2) is 0 Å². The van der Waals surface area contributed by atoms with E-state index in [1.165, 1.54) is 32.1 Å². The van der Waals surface area contributed by atoms with Crippen molar-refractivity contribution in [2.75, 3.05) is 19.8 Å². The van der Waals surface area contributed by atoms with E-state index in [0.717, 1.165) is 25.0 Å². The fraction of sp³-hybridized carbons (Fsp3) is 0.789. The molecule has 1 saturated heterocycles. The summed E-state index contributed by atoms with van der Waals surface area (Å²) in [7, 11) is 0. The zero-order valence-electron chi connectivity index (χ0n) is 14.8. The van der Waals surface area contributed by atoms with E-state index in [1.807, 2.05) is 11.0 Å². The number of hydrogen-bond acceptors (Lipinski definition) is 4. The van der Waals surface area contributed by atoms with Gasteiger partial charge in [0.2, 0.25) is 0 Å². The van der Waals surface area contributed by atoms with Crippen molar-refractivity contribution in [3.63, 3.8) is 0 Å². The fourth-order valence-electron chi connectivity index (χ4n) is 4.86. The van der Waals surface area contributed by atoms with Crippen molar-refractivity contribution in [2.24, 2.45) is 5.92 Å². The number of carbonyl (C=O) groups is 1. The second-order valence-corrected chi connectivity index (χ2v) is 7.85. The highest BCUT2D eigenvalue weighted by atomic mass is 16.5. The van der Waals surface area contributed by atoms with E-state index in [2.05, 4.69) is 10.2 Å². The third-order valence-electron chi connectivity index (χ3n) is 6.31. The molecule has 4 rings (SSSR count). The molecule has 1 aliphatic heterocycles. The maximum Gasteiger partial charge on any atom is 0.274 e. The number of aliphatic hydroxyl groups is 1. The van der Waals surface area contributed by atoms with Crippen molar-refractivity contribution in [3.05, 3.63) is 17.5 Å². The fourth-order valence-corrected chi connectivity index (χ4v) is 4.86. The maximum absolute atomic E-state index is 13.1. The summed E-state index contributed by atoms with van der Waals surface area (Å²) in [5.41, 5.74) is 1.62. The van der Waals surface area contributed by atoms with Crippen LogP contribution in [0.4, 0.5) is 0 Å². The molecule has 0 radical (unpaired) electrons. The topological polar surface area (TPSA) is 78.5 Å². The Hall–Kier alpha value is -1.40. The summed E-state index contributed by atoms with van der Waals surface area (Å²) >= 11 is 0. The van der Waals surface area contributed by atoms with E-state index in [0.29, 0.717) is 31.4 Å².